The van der Waals surface area contributed by atoms with Crippen LogP contribution in [0.15, 0.2) is 30.5 Å². The smallest absolute Gasteiger partial charge is 0.147 e. The minimum Gasteiger partial charge on any atom is -0.354 e. The molecule has 5 heteroatoms. The van der Waals surface area contributed by atoms with Gasteiger partial charge >= 0.3 is 0 Å². The maximum atomic E-state index is 4.77. The summed E-state index contributed by atoms with van der Waals surface area (Å²) in [7, 11) is 0. The zero-order valence-corrected chi connectivity index (χ0v) is 12.2. The summed E-state index contributed by atoms with van der Waals surface area (Å²) < 4.78 is 0. The Morgan fingerprint density at radius 1 is 1.05 bits per heavy atom. The van der Waals surface area contributed by atoms with E-state index in [0.717, 1.165) is 43.0 Å². The van der Waals surface area contributed by atoms with Crippen molar-refractivity contribution in [2.75, 3.05) is 44.2 Å². The normalized spacial score (nSPS) is 23.8. The van der Waals surface area contributed by atoms with E-state index in [4.69, 9.17) is 4.98 Å². The van der Waals surface area contributed by atoms with Crippen molar-refractivity contribution in [2.45, 2.75) is 12.5 Å². The van der Waals surface area contributed by atoms with Crippen molar-refractivity contribution in [2.24, 2.45) is 0 Å². The molecule has 1 aromatic heterocycles. The highest BCUT2D eigenvalue weighted by atomic mass is 15.3. The zero-order valence-electron chi connectivity index (χ0n) is 12.2. The monoisotopic (exact) mass is 283 g/mol. The van der Waals surface area contributed by atoms with Gasteiger partial charge in [0, 0.05) is 45.3 Å². The van der Waals surface area contributed by atoms with Gasteiger partial charge < -0.3 is 10.2 Å². The van der Waals surface area contributed by atoms with Crippen molar-refractivity contribution in [1.82, 2.24) is 20.2 Å². The number of rotatable bonds is 2. The van der Waals surface area contributed by atoms with Crippen LogP contribution in [0.3, 0.4) is 0 Å². The van der Waals surface area contributed by atoms with Crippen LogP contribution in [0, 0.1) is 0 Å². The minimum absolute atomic E-state index is 0.667. The molecule has 4 rings (SSSR count). The molecule has 1 atom stereocenters. The van der Waals surface area contributed by atoms with Crippen LogP contribution in [-0.2, 0) is 0 Å². The third kappa shape index (κ3) is 2.59. The van der Waals surface area contributed by atoms with E-state index in [1.165, 1.54) is 19.5 Å². The molecule has 3 heterocycles. The van der Waals surface area contributed by atoms with E-state index in [0.29, 0.717) is 6.04 Å². The summed E-state index contributed by atoms with van der Waals surface area (Å²) >= 11 is 0. The first kappa shape index (κ1) is 13.0. The van der Waals surface area contributed by atoms with Gasteiger partial charge in [0.15, 0.2) is 0 Å². The van der Waals surface area contributed by atoms with Crippen LogP contribution < -0.4 is 10.2 Å². The Bertz CT molecular complexity index is 623. The van der Waals surface area contributed by atoms with E-state index in [1.807, 2.05) is 30.5 Å². The minimum atomic E-state index is 0.667. The Labute approximate surface area is 125 Å². The molecule has 0 bridgehead atoms. The second-order valence-electron chi connectivity index (χ2n) is 5.89. The number of hydrogen-bond donors (Lipinski definition) is 1. The number of fused-ring (bicyclic) bond motifs is 1. The Morgan fingerprint density at radius 2 is 1.86 bits per heavy atom. The predicted molar refractivity (Wildman–Crippen MR) is 84.6 cm³/mol. The standard InChI is InChI=1S/C16H21N5/c1-2-4-15-14(3-1)18-11-16(19-15)21-8-5-13(12-21)20-9-6-17-7-10-20/h1-4,11,13,17H,5-10,12H2. The van der Waals surface area contributed by atoms with E-state index >= 15 is 0 Å². The molecule has 1 unspecified atom stereocenters. The molecule has 5 nitrogen and oxygen atoms in total. The van der Waals surface area contributed by atoms with Crippen molar-refractivity contribution in [3.05, 3.63) is 30.5 Å². The Balaban J connectivity index is 1.50. The maximum absolute atomic E-state index is 4.77. The molecular weight excluding hydrogens is 262 g/mol. The van der Waals surface area contributed by atoms with Gasteiger partial charge in [-0.3, -0.25) is 9.88 Å². The van der Waals surface area contributed by atoms with Crippen molar-refractivity contribution in [3.63, 3.8) is 0 Å². The lowest BCUT2D eigenvalue weighted by molar-refractivity contribution is 0.185. The molecule has 0 spiro atoms. The maximum Gasteiger partial charge on any atom is 0.147 e. The van der Waals surface area contributed by atoms with Crippen LogP contribution in [0.1, 0.15) is 6.42 Å². The van der Waals surface area contributed by atoms with E-state index in [1.54, 1.807) is 0 Å². The highest BCUT2D eigenvalue weighted by Crippen LogP contribution is 2.22. The van der Waals surface area contributed by atoms with Crippen LogP contribution in [0.25, 0.3) is 11.0 Å². The van der Waals surface area contributed by atoms with Gasteiger partial charge in [-0.1, -0.05) is 12.1 Å². The van der Waals surface area contributed by atoms with Crippen LogP contribution in [0.5, 0.6) is 0 Å². The van der Waals surface area contributed by atoms with E-state index in [9.17, 15) is 0 Å². The summed E-state index contributed by atoms with van der Waals surface area (Å²) in [5.41, 5.74) is 1.96. The molecule has 2 saturated heterocycles. The van der Waals surface area contributed by atoms with Gasteiger partial charge in [-0.25, -0.2) is 4.98 Å². The van der Waals surface area contributed by atoms with E-state index in [2.05, 4.69) is 20.1 Å². The molecule has 110 valence electrons. The summed E-state index contributed by atoms with van der Waals surface area (Å²) in [4.78, 5) is 14.3. The SMILES string of the molecule is c1ccc2nc(N3CCC(N4CCNCC4)C3)cnc2c1. The van der Waals surface area contributed by atoms with Gasteiger partial charge in [0.2, 0.25) is 0 Å². The van der Waals surface area contributed by atoms with Crippen LogP contribution >= 0.6 is 0 Å². The molecule has 0 aliphatic carbocycles. The van der Waals surface area contributed by atoms with Gasteiger partial charge in [0.05, 0.1) is 17.2 Å². The number of para-hydroxylation sites is 2. The second-order valence-corrected chi connectivity index (χ2v) is 5.89. The lowest BCUT2D eigenvalue weighted by atomic mass is 10.2. The number of anilines is 1. The molecule has 0 saturated carbocycles. The fourth-order valence-electron chi connectivity index (χ4n) is 3.40. The molecule has 1 aromatic carbocycles. The fraction of sp³-hybridized carbons (Fsp3) is 0.500. The lowest BCUT2D eigenvalue weighted by Crippen LogP contribution is -2.49. The van der Waals surface area contributed by atoms with Crippen molar-refractivity contribution >= 4 is 16.9 Å². The van der Waals surface area contributed by atoms with Crippen LogP contribution in [-0.4, -0.2) is 60.2 Å². The summed E-state index contributed by atoms with van der Waals surface area (Å²) in [6.45, 7) is 6.73. The summed E-state index contributed by atoms with van der Waals surface area (Å²) in [5.74, 6) is 1.02. The van der Waals surface area contributed by atoms with Gasteiger partial charge in [-0.15, -0.1) is 0 Å². The number of nitrogens with zero attached hydrogens (tertiary/aromatic N) is 4. The van der Waals surface area contributed by atoms with Gasteiger partial charge in [0.25, 0.3) is 0 Å². The van der Waals surface area contributed by atoms with Gasteiger partial charge in [0.1, 0.15) is 5.82 Å². The molecule has 2 aliphatic rings. The topological polar surface area (TPSA) is 44.3 Å². The summed E-state index contributed by atoms with van der Waals surface area (Å²) in [6, 6.07) is 8.75. The average molecular weight is 283 g/mol. The molecule has 2 aliphatic heterocycles. The first-order chi connectivity index (χ1) is 10.4. The lowest BCUT2D eigenvalue weighted by Gasteiger charge is -2.32. The molecule has 21 heavy (non-hydrogen) atoms. The molecule has 2 fully saturated rings. The Hall–Kier alpha value is -1.72. The Kier molecular flexibility index (Phi) is 3.45. The number of nitrogens with one attached hydrogen (secondary N) is 1. The van der Waals surface area contributed by atoms with Crippen molar-refractivity contribution < 1.29 is 0 Å². The first-order valence-electron chi connectivity index (χ1n) is 7.82. The van der Waals surface area contributed by atoms with E-state index in [-0.39, 0.29) is 0 Å². The Morgan fingerprint density at radius 3 is 2.71 bits per heavy atom. The third-order valence-corrected chi connectivity index (χ3v) is 4.59. The summed E-state index contributed by atoms with van der Waals surface area (Å²) in [5, 5.41) is 3.42. The zero-order chi connectivity index (χ0) is 14.1. The predicted octanol–water partition coefficient (Wildman–Crippen LogP) is 1.11. The third-order valence-electron chi connectivity index (χ3n) is 4.59. The van der Waals surface area contributed by atoms with Crippen LogP contribution in [0.4, 0.5) is 5.82 Å². The fourth-order valence-corrected chi connectivity index (χ4v) is 3.40. The molecule has 0 amide bonds. The van der Waals surface area contributed by atoms with Gasteiger partial charge in [-0.2, -0.15) is 0 Å². The molecular formula is C16H21N5. The number of hydrogen-bond acceptors (Lipinski definition) is 5. The van der Waals surface area contributed by atoms with Crippen molar-refractivity contribution in [3.8, 4) is 0 Å². The number of benzene rings is 1. The van der Waals surface area contributed by atoms with Crippen molar-refractivity contribution in [1.29, 1.82) is 0 Å². The number of piperazine rings is 1. The molecule has 2 aromatic rings. The highest BCUT2D eigenvalue weighted by Gasteiger charge is 2.29. The van der Waals surface area contributed by atoms with E-state index < -0.39 is 0 Å². The highest BCUT2D eigenvalue weighted by molar-refractivity contribution is 5.75. The van der Waals surface area contributed by atoms with Crippen LogP contribution in [0.2, 0.25) is 0 Å². The number of aromatic nitrogens is 2. The molecule has 1 N–H and O–H groups in total. The average Bonchev–Trinajstić information content (AvgIpc) is 3.05. The first-order valence-corrected chi connectivity index (χ1v) is 7.82. The second kappa shape index (κ2) is 5.58. The quantitative estimate of drug-likeness (QED) is 0.894. The summed E-state index contributed by atoms with van der Waals surface area (Å²) in [6.07, 6.45) is 3.15. The largest absolute Gasteiger partial charge is 0.354 e. The molecule has 0 radical (unpaired) electrons. The van der Waals surface area contributed by atoms with Gasteiger partial charge in [-0.05, 0) is 18.6 Å².